The number of carbonyl (C=O) groups is 2. The number of nitrogens with one attached hydrogen (secondary N) is 1. The molecule has 0 bridgehead atoms. The van der Waals surface area contributed by atoms with E-state index in [4.69, 9.17) is 5.11 Å². The van der Waals surface area contributed by atoms with Crippen molar-refractivity contribution in [1.29, 1.82) is 0 Å². The molecule has 0 aromatic carbocycles. The third-order valence-electron chi connectivity index (χ3n) is 3.33. The van der Waals surface area contributed by atoms with E-state index < -0.39 is 12.0 Å². The molecule has 1 rings (SSSR count). The summed E-state index contributed by atoms with van der Waals surface area (Å²) in [7, 11) is 0. The lowest BCUT2D eigenvalue weighted by Gasteiger charge is -2.18. The minimum absolute atomic E-state index is 0.0926. The number of rotatable bonds is 7. The fraction of sp³-hybridized carbons (Fsp3) is 0.846. The largest absolute Gasteiger partial charge is 0.480 e. The van der Waals surface area contributed by atoms with Gasteiger partial charge in [-0.1, -0.05) is 13.8 Å². The van der Waals surface area contributed by atoms with Crippen LogP contribution in [-0.2, 0) is 9.59 Å². The highest BCUT2D eigenvalue weighted by Gasteiger charge is 2.23. The summed E-state index contributed by atoms with van der Waals surface area (Å²) < 4.78 is 0. The topological polar surface area (TPSA) is 69.6 Å². The van der Waals surface area contributed by atoms with Crippen LogP contribution in [0, 0.1) is 5.92 Å². The van der Waals surface area contributed by atoms with Crippen LogP contribution < -0.4 is 5.32 Å². The summed E-state index contributed by atoms with van der Waals surface area (Å²) in [5, 5.41) is 11.6. The third kappa shape index (κ3) is 5.04. The molecule has 1 fully saturated rings. The standard InChI is InChI=1S/C13H24N2O3/c1-10(2)12(13(17)18)14-11(16)6-5-9-15-7-3-4-8-15/h10,12H,3-9H2,1-2H3,(H,14,16)(H,17,18). The molecule has 0 radical (unpaired) electrons. The van der Waals surface area contributed by atoms with Crippen LogP contribution in [-0.4, -0.2) is 47.6 Å². The summed E-state index contributed by atoms with van der Waals surface area (Å²) in [5.41, 5.74) is 0. The number of likely N-dealkylation sites (tertiary alicyclic amines) is 1. The number of aliphatic carboxylic acids is 1. The average Bonchev–Trinajstić information content (AvgIpc) is 2.78. The Labute approximate surface area is 109 Å². The van der Waals surface area contributed by atoms with Crippen molar-refractivity contribution in [3.8, 4) is 0 Å². The molecule has 1 aliphatic heterocycles. The lowest BCUT2D eigenvalue weighted by Crippen LogP contribution is -2.44. The van der Waals surface area contributed by atoms with Crippen LogP contribution in [0.4, 0.5) is 0 Å². The van der Waals surface area contributed by atoms with Crippen LogP contribution in [0.15, 0.2) is 0 Å². The number of hydrogen-bond acceptors (Lipinski definition) is 3. The van der Waals surface area contributed by atoms with Gasteiger partial charge in [-0.05, 0) is 44.8 Å². The summed E-state index contributed by atoms with van der Waals surface area (Å²) in [5.74, 6) is -1.21. The van der Waals surface area contributed by atoms with E-state index in [2.05, 4.69) is 10.2 Å². The Morgan fingerprint density at radius 2 is 1.89 bits per heavy atom. The minimum Gasteiger partial charge on any atom is -0.480 e. The molecule has 0 aromatic rings. The fourth-order valence-electron chi connectivity index (χ4n) is 2.23. The molecule has 18 heavy (non-hydrogen) atoms. The van der Waals surface area contributed by atoms with Gasteiger partial charge in [0.2, 0.25) is 5.91 Å². The van der Waals surface area contributed by atoms with E-state index >= 15 is 0 Å². The number of amides is 1. The first-order valence-electron chi connectivity index (χ1n) is 6.75. The number of carbonyl (C=O) groups excluding carboxylic acids is 1. The smallest absolute Gasteiger partial charge is 0.326 e. The molecule has 0 spiro atoms. The Morgan fingerprint density at radius 3 is 2.39 bits per heavy atom. The first-order valence-corrected chi connectivity index (χ1v) is 6.75. The maximum Gasteiger partial charge on any atom is 0.326 e. The number of hydrogen-bond donors (Lipinski definition) is 2. The maximum absolute atomic E-state index is 11.6. The molecule has 0 saturated carbocycles. The van der Waals surface area contributed by atoms with Crippen molar-refractivity contribution in [2.75, 3.05) is 19.6 Å². The molecule has 5 nitrogen and oxygen atoms in total. The van der Waals surface area contributed by atoms with E-state index in [1.165, 1.54) is 12.8 Å². The summed E-state index contributed by atoms with van der Waals surface area (Å²) in [6, 6.07) is -0.774. The molecule has 1 atom stereocenters. The van der Waals surface area contributed by atoms with Gasteiger partial charge in [-0.3, -0.25) is 4.79 Å². The van der Waals surface area contributed by atoms with Crippen molar-refractivity contribution in [2.24, 2.45) is 5.92 Å². The summed E-state index contributed by atoms with van der Waals surface area (Å²) in [6.45, 7) is 6.79. The zero-order valence-corrected chi connectivity index (χ0v) is 11.3. The van der Waals surface area contributed by atoms with Gasteiger partial charge in [0.25, 0.3) is 0 Å². The lowest BCUT2D eigenvalue weighted by molar-refractivity contribution is -0.143. The van der Waals surface area contributed by atoms with Crippen molar-refractivity contribution < 1.29 is 14.7 Å². The van der Waals surface area contributed by atoms with Gasteiger partial charge < -0.3 is 15.3 Å². The van der Waals surface area contributed by atoms with E-state index in [9.17, 15) is 9.59 Å². The monoisotopic (exact) mass is 256 g/mol. The van der Waals surface area contributed by atoms with Gasteiger partial charge in [0.05, 0.1) is 0 Å². The summed E-state index contributed by atoms with van der Waals surface area (Å²) >= 11 is 0. The van der Waals surface area contributed by atoms with Crippen molar-refractivity contribution >= 4 is 11.9 Å². The molecule has 5 heteroatoms. The normalized spacial score (nSPS) is 17.9. The Balaban J connectivity index is 2.21. The molecule has 1 unspecified atom stereocenters. The number of nitrogens with zero attached hydrogens (tertiary/aromatic N) is 1. The van der Waals surface area contributed by atoms with Gasteiger partial charge in [0, 0.05) is 6.42 Å². The first kappa shape index (κ1) is 15.0. The molecule has 0 aliphatic carbocycles. The second-order valence-corrected chi connectivity index (χ2v) is 5.28. The van der Waals surface area contributed by atoms with Gasteiger partial charge in [0.15, 0.2) is 0 Å². The third-order valence-corrected chi connectivity index (χ3v) is 3.33. The number of carboxylic acids is 1. The zero-order chi connectivity index (χ0) is 13.5. The second-order valence-electron chi connectivity index (χ2n) is 5.28. The lowest BCUT2D eigenvalue weighted by atomic mass is 10.0. The van der Waals surface area contributed by atoms with Gasteiger partial charge >= 0.3 is 5.97 Å². The van der Waals surface area contributed by atoms with Crippen LogP contribution in [0.5, 0.6) is 0 Å². The molecule has 1 heterocycles. The number of carboxylic acid groups (broad SMARTS) is 1. The van der Waals surface area contributed by atoms with E-state index in [0.29, 0.717) is 6.42 Å². The predicted molar refractivity (Wildman–Crippen MR) is 69.3 cm³/mol. The Hall–Kier alpha value is -1.10. The first-order chi connectivity index (χ1) is 8.50. The highest BCUT2D eigenvalue weighted by Crippen LogP contribution is 2.08. The van der Waals surface area contributed by atoms with Gasteiger partial charge in [-0.15, -0.1) is 0 Å². The predicted octanol–water partition coefficient (Wildman–Crippen LogP) is 1.09. The fourth-order valence-corrected chi connectivity index (χ4v) is 2.23. The Bertz CT molecular complexity index is 286. The van der Waals surface area contributed by atoms with E-state index in [1.807, 2.05) is 0 Å². The Morgan fingerprint density at radius 1 is 1.28 bits per heavy atom. The molecular weight excluding hydrogens is 232 g/mol. The molecule has 0 aromatic heterocycles. The van der Waals surface area contributed by atoms with Gasteiger partial charge in [0.1, 0.15) is 6.04 Å². The molecule has 1 aliphatic rings. The van der Waals surface area contributed by atoms with Crippen molar-refractivity contribution in [2.45, 2.75) is 45.6 Å². The average molecular weight is 256 g/mol. The molecule has 104 valence electrons. The van der Waals surface area contributed by atoms with Crippen molar-refractivity contribution in [1.82, 2.24) is 10.2 Å². The minimum atomic E-state index is -0.960. The van der Waals surface area contributed by atoms with Gasteiger partial charge in [-0.2, -0.15) is 0 Å². The van der Waals surface area contributed by atoms with E-state index in [0.717, 1.165) is 26.1 Å². The van der Waals surface area contributed by atoms with Crippen LogP contribution in [0.25, 0.3) is 0 Å². The van der Waals surface area contributed by atoms with Crippen molar-refractivity contribution in [3.63, 3.8) is 0 Å². The molecule has 1 saturated heterocycles. The molecular formula is C13H24N2O3. The van der Waals surface area contributed by atoms with Crippen LogP contribution in [0.3, 0.4) is 0 Å². The van der Waals surface area contributed by atoms with Crippen molar-refractivity contribution in [3.05, 3.63) is 0 Å². The van der Waals surface area contributed by atoms with E-state index in [-0.39, 0.29) is 11.8 Å². The van der Waals surface area contributed by atoms with E-state index in [1.54, 1.807) is 13.8 Å². The highest BCUT2D eigenvalue weighted by molar-refractivity contribution is 5.83. The Kier molecular flexibility index (Phi) is 6.12. The van der Waals surface area contributed by atoms with Crippen LogP contribution >= 0.6 is 0 Å². The van der Waals surface area contributed by atoms with Gasteiger partial charge in [-0.25, -0.2) is 4.79 Å². The highest BCUT2D eigenvalue weighted by atomic mass is 16.4. The maximum atomic E-state index is 11.6. The van der Waals surface area contributed by atoms with Crippen LogP contribution in [0.2, 0.25) is 0 Å². The summed E-state index contributed by atoms with van der Waals surface area (Å²) in [4.78, 5) is 24.9. The van der Waals surface area contributed by atoms with Crippen LogP contribution in [0.1, 0.15) is 39.5 Å². The quantitative estimate of drug-likeness (QED) is 0.715. The summed E-state index contributed by atoms with van der Waals surface area (Å²) in [6.07, 6.45) is 3.71. The molecule has 1 amide bonds. The SMILES string of the molecule is CC(C)C(NC(=O)CCCN1CCCC1)C(=O)O. The zero-order valence-electron chi connectivity index (χ0n) is 11.3. The molecule has 2 N–H and O–H groups in total. The second kappa shape index (κ2) is 7.36.